The number of hydrogen-bond acceptors (Lipinski definition) is 3. The van der Waals surface area contributed by atoms with E-state index in [1.54, 1.807) is 5.32 Å². The van der Waals surface area contributed by atoms with E-state index in [1.165, 1.54) is 36.4 Å². The van der Waals surface area contributed by atoms with E-state index in [2.05, 4.69) is 21.2 Å². The minimum absolute atomic E-state index is 0.0185. The van der Waals surface area contributed by atoms with E-state index in [-0.39, 0.29) is 28.4 Å². The molecule has 0 atom stereocenters. The standard InChI is InChI=1S/C25H12BrF10N3O2/c26-18-10-15(22(27,24(31,32)33)25(34,35)36)9-17(23(28,29)30)19(18)39-21(41)14-2-1-3-16(8-14)38-20(40)13-6-4-12(11-37)5-7-13/h1-10H,(H,38,40)(H,39,41). The monoisotopic (exact) mass is 655 g/mol. The van der Waals surface area contributed by atoms with E-state index in [1.807, 2.05) is 6.07 Å². The fraction of sp³-hybridized carbons (Fsp3) is 0.160. The normalized spacial score (nSPS) is 12.4. The molecule has 0 aliphatic carbocycles. The fourth-order valence-corrected chi connectivity index (χ4v) is 4.03. The molecule has 16 heteroatoms. The Kier molecular flexibility index (Phi) is 8.45. The molecule has 5 nitrogen and oxygen atoms in total. The molecule has 3 aromatic carbocycles. The third kappa shape index (κ3) is 6.45. The van der Waals surface area contributed by atoms with Gasteiger partial charge in [0.2, 0.25) is 0 Å². The molecule has 0 aromatic heterocycles. The lowest BCUT2D eigenvalue weighted by Gasteiger charge is -2.31. The average molecular weight is 656 g/mol. The maximum atomic E-state index is 14.5. The highest BCUT2D eigenvalue weighted by molar-refractivity contribution is 9.10. The molecule has 216 valence electrons. The Hall–Kier alpha value is -4.13. The second kappa shape index (κ2) is 11.0. The highest BCUT2D eigenvalue weighted by Gasteiger charge is 2.73. The Morgan fingerprint density at radius 2 is 1.29 bits per heavy atom. The molecule has 0 fully saturated rings. The number of nitriles is 1. The fourth-order valence-electron chi connectivity index (χ4n) is 3.47. The minimum Gasteiger partial charge on any atom is -0.322 e. The lowest BCUT2D eigenvalue weighted by Crippen LogP contribution is -2.50. The van der Waals surface area contributed by atoms with Gasteiger partial charge in [-0.1, -0.05) is 6.07 Å². The first-order chi connectivity index (χ1) is 18.8. The van der Waals surface area contributed by atoms with Crippen molar-refractivity contribution in [3.8, 4) is 6.07 Å². The summed E-state index contributed by atoms with van der Waals surface area (Å²) in [6, 6.07) is 11.0. The molecule has 0 aliphatic rings. The van der Waals surface area contributed by atoms with E-state index in [0.29, 0.717) is 0 Å². The van der Waals surface area contributed by atoms with Crippen LogP contribution in [0, 0.1) is 11.3 Å². The first kappa shape index (κ1) is 31.4. The van der Waals surface area contributed by atoms with E-state index < -0.39 is 63.4 Å². The number of anilines is 2. The predicted molar refractivity (Wildman–Crippen MR) is 128 cm³/mol. The number of hydrogen-bond donors (Lipinski definition) is 2. The molecule has 0 unspecified atom stereocenters. The third-order valence-corrected chi connectivity index (χ3v) is 6.10. The Morgan fingerprint density at radius 1 is 0.732 bits per heavy atom. The van der Waals surface area contributed by atoms with Gasteiger partial charge in [0.25, 0.3) is 11.8 Å². The Bertz CT molecular complexity index is 1510. The van der Waals surface area contributed by atoms with E-state index >= 15 is 0 Å². The van der Waals surface area contributed by atoms with Gasteiger partial charge in [-0.25, -0.2) is 4.39 Å². The molecule has 0 spiro atoms. The molecule has 2 N–H and O–H groups in total. The van der Waals surface area contributed by atoms with Gasteiger partial charge in [0.1, 0.15) is 0 Å². The van der Waals surface area contributed by atoms with Crippen molar-refractivity contribution in [2.45, 2.75) is 24.2 Å². The summed E-state index contributed by atoms with van der Waals surface area (Å²) in [5, 5.41) is 13.0. The van der Waals surface area contributed by atoms with E-state index in [0.717, 1.165) is 12.1 Å². The lowest BCUT2D eigenvalue weighted by atomic mass is 9.92. The first-order valence-corrected chi connectivity index (χ1v) is 11.6. The number of halogens is 11. The zero-order valence-electron chi connectivity index (χ0n) is 19.7. The van der Waals surface area contributed by atoms with Crippen molar-refractivity contribution in [2.24, 2.45) is 0 Å². The number of carbonyl (C=O) groups is 2. The minimum atomic E-state index is -6.68. The van der Waals surface area contributed by atoms with Gasteiger partial charge in [-0.05, 0) is 70.5 Å². The summed E-state index contributed by atoms with van der Waals surface area (Å²) < 4.78 is 133. The SMILES string of the molecule is N#Cc1ccc(C(=O)Nc2cccc(C(=O)Nc3c(Br)cc(C(F)(C(F)(F)F)C(F)(F)F)cc3C(F)(F)F)c2)cc1. The second-order valence-corrected chi connectivity index (χ2v) is 9.06. The molecule has 41 heavy (non-hydrogen) atoms. The van der Waals surface area contributed by atoms with Crippen LogP contribution in [0.5, 0.6) is 0 Å². The Morgan fingerprint density at radius 3 is 1.80 bits per heavy atom. The highest BCUT2D eigenvalue weighted by Crippen LogP contribution is 2.55. The summed E-state index contributed by atoms with van der Waals surface area (Å²) in [4.78, 5) is 25.2. The summed E-state index contributed by atoms with van der Waals surface area (Å²) in [7, 11) is 0. The van der Waals surface area contributed by atoms with Crippen LogP contribution in [0.4, 0.5) is 55.3 Å². The molecular weight excluding hydrogens is 644 g/mol. The molecule has 0 saturated heterocycles. The van der Waals surface area contributed by atoms with Crippen LogP contribution in [0.2, 0.25) is 0 Å². The number of nitrogens with zero attached hydrogens (tertiary/aromatic N) is 1. The molecule has 0 aliphatic heterocycles. The summed E-state index contributed by atoms with van der Waals surface area (Å²) in [5.41, 5.74) is -12.1. The zero-order chi connectivity index (χ0) is 31.0. The topological polar surface area (TPSA) is 82.0 Å². The van der Waals surface area contributed by atoms with Crippen molar-refractivity contribution in [2.75, 3.05) is 10.6 Å². The molecule has 3 aromatic rings. The van der Waals surface area contributed by atoms with E-state index in [9.17, 15) is 53.5 Å². The van der Waals surface area contributed by atoms with Crippen LogP contribution in [0.15, 0.2) is 65.1 Å². The molecule has 0 bridgehead atoms. The predicted octanol–water partition coefficient (Wildman–Crippen LogP) is 8.13. The van der Waals surface area contributed by atoms with E-state index in [4.69, 9.17) is 5.26 Å². The summed E-state index contributed by atoms with van der Waals surface area (Å²) in [6.07, 6.45) is -19.0. The van der Waals surface area contributed by atoms with Crippen molar-refractivity contribution >= 4 is 39.1 Å². The van der Waals surface area contributed by atoms with Gasteiger partial charge >= 0.3 is 24.2 Å². The number of nitrogens with one attached hydrogen (secondary N) is 2. The first-order valence-electron chi connectivity index (χ1n) is 10.8. The van der Waals surface area contributed by atoms with Gasteiger partial charge in [0.05, 0.1) is 22.9 Å². The highest BCUT2D eigenvalue weighted by atomic mass is 79.9. The van der Waals surface area contributed by atoms with Gasteiger partial charge in [0.15, 0.2) is 0 Å². The van der Waals surface area contributed by atoms with Crippen LogP contribution in [0.3, 0.4) is 0 Å². The van der Waals surface area contributed by atoms with Gasteiger partial charge in [-0.2, -0.15) is 44.8 Å². The second-order valence-electron chi connectivity index (χ2n) is 8.21. The smallest absolute Gasteiger partial charge is 0.322 e. The molecule has 3 rings (SSSR count). The number of alkyl halides is 10. The summed E-state index contributed by atoms with van der Waals surface area (Å²) in [5.74, 6) is -2.00. The molecular formula is C25H12BrF10N3O2. The van der Waals surface area contributed by atoms with Crippen molar-refractivity contribution in [1.82, 2.24) is 0 Å². The van der Waals surface area contributed by atoms with Crippen molar-refractivity contribution in [1.29, 1.82) is 5.26 Å². The van der Waals surface area contributed by atoms with Crippen LogP contribution >= 0.6 is 15.9 Å². The summed E-state index contributed by atoms with van der Waals surface area (Å²) in [6.45, 7) is 0. The number of carbonyl (C=O) groups excluding carboxylic acids is 2. The molecule has 2 amide bonds. The maximum Gasteiger partial charge on any atom is 0.435 e. The maximum absolute atomic E-state index is 14.5. The molecule has 0 saturated carbocycles. The van der Waals surface area contributed by atoms with Crippen LogP contribution in [0.1, 0.15) is 37.4 Å². The molecule has 0 radical (unpaired) electrons. The number of rotatable bonds is 5. The van der Waals surface area contributed by atoms with Gasteiger partial charge in [0, 0.05) is 26.9 Å². The van der Waals surface area contributed by atoms with Crippen molar-refractivity contribution in [3.05, 3.63) is 93.0 Å². The van der Waals surface area contributed by atoms with Gasteiger partial charge < -0.3 is 10.6 Å². The summed E-state index contributed by atoms with van der Waals surface area (Å²) >= 11 is 2.41. The Balaban J connectivity index is 1.97. The third-order valence-electron chi connectivity index (χ3n) is 5.47. The zero-order valence-corrected chi connectivity index (χ0v) is 21.3. The van der Waals surface area contributed by atoms with Crippen LogP contribution < -0.4 is 10.6 Å². The lowest BCUT2D eigenvalue weighted by molar-refractivity contribution is -0.348. The largest absolute Gasteiger partial charge is 0.435 e. The molecule has 0 heterocycles. The average Bonchev–Trinajstić information content (AvgIpc) is 2.87. The van der Waals surface area contributed by atoms with Gasteiger partial charge in [-0.15, -0.1) is 0 Å². The number of benzene rings is 3. The van der Waals surface area contributed by atoms with Crippen LogP contribution in [0.25, 0.3) is 0 Å². The van der Waals surface area contributed by atoms with Gasteiger partial charge in [-0.3, -0.25) is 9.59 Å². The number of amides is 2. The Labute approximate surface area is 231 Å². The van der Waals surface area contributed by atoms with Crippen molar-refractivity contribution in [3.63, 3.8) is 0 Å². The van der Waals surface area contributed by atoms with Crippen LogP contribution in [-0.2, 0) is 11.8 Å². The van der Waals surface area contributed by atoms with Crippen LogP contribution in [-0.4, -0.2) is 24.2 Å². The quantitative estimate of drug-likeness (QED) is 0.272. The van der Waals surface area contributed by atoms with Crippen molar-refractivity contribution < 1.29 is 53.5 Å².